The Morgan fingerprint density at radius 3 is 2.71 bits per heavy atom. The molecule has 0 fully saturated rings. The van der Waals surface area contributed by atoms with Gasteiger partial charge in [-0.15, -0.1) is 6.42 Å². The van der Waals surface area contributed by atoms with E-state index in [2.05, 4.69) is 11.2 Å². The molecule has 0 spiro atoms. The molecule has 0 aliphatic carbocycles. The summed E-state index contributed by atoms with van der Waals surface area (Å²) in [6, 6.07) is 0. The fraction of sp³-hybridized carbons (Fsp3) is 0.600. The SMILES string of the molecule is C#CC(O)NCC. The molecule has 0 saturated carbocycles. The van der Waals surface area contributed by atoms with Crippen molar-refractivity contribution in [2.24, 2.45) is 0 Å². The second kappa shape index (κ2) is 3.66. The summed E-state index contributed by atoms with van der Waals surface area (Å²) in [5, 5.41) is 11.1. The van der Waals surface area contributed by atoms with Gasteiger partial charge in [0.1, 0.15) is 0 Å². The third-order valence-electron chi connectivity index (χ3n) is 0.555. The van der Waals surface area contributed by atoms with Crippen molar-refractivity contribution in [3.8, 4) is 12.3 Å². The molecule has 40 valence electrons. The molecule has 1 atom stereocenters. The summed E-state index contributed by atoms with van der Waals surface area (Å²) in [6.07, 6.45) is 4.02. The van der Waals surface area contributed by atoms with Crippen molar-refractivity contribution in [1.82, 2.24) is 5.32 Å². The van der Waals surface area contributed by atoms with Gasteiger partial charge >= 0.3 is 0 Å². The number of rotatable bonds is 2. The van der Waals surface area contributed by atoms with Crippen LogP contribution in [0.5, 0.6) is 0 Å². The maximum atomic E-state index is 8.51. The number of hydrogen-bond acceptors (Lipinski definition) is 2. The lowest BCUT2D eigenvalue weighted by atomic mass is 10.6. The van der Waals surface area contributed by atoms with Gasteiger partial charge in [-0.3, -0.25) is 5.32 Å². The van der Waals surface area contributed by atoms with Crippen LogP contribution in [0.25, 0.3) is 0 Å². The molecule has 0 aromatic heterocycles. The van der Waals surface area contributed by atoms with Crippen LogP contribution in [0.1, 0.15) is 6.92 Å². The van der Waals surface area contributed by atoms with Crippen LogP contribution in [0.2, 0.25) is 0 Å². The topological polar surface area (TPSA) is 32.3 Å². The Morgan fingerprint density at radius 2 is 2.57 bits per heavy atom. The Labute approximate surface area is 43.5 Å². The van der Waals surface area contributed by atoms with Crippen LogP contribution in [0.15, 0.2) is 0 Å². The highest BCUT2D eigenvalue weighted by Gasteiger charge is 1.88. The van der Waals surface area contributed by atoms with Crippen LogP contribution >= 0.6 is 0 Å². The average Bonchev–Trinajstić information content (AvgIpc) is 1.68. The number of aliphatic hydroxyl groups excluding tert-OH is 1. The molecule has 0 rings (SSSR count). The largest absolute Gasteiger partial charge is 0.367 e. The highest BCUT2D eigenvalue weighted by Crippen LogP contribution is 1.66. The van der Waals surface area contributed by atoms with Crippen molar-refractivity contribution in [2.75, 3.05) is 6.54 Å². The van der Waals surface area contributed by atoms with E-state index in [0.717, 1.165) is 0 Å². The molecule has 0 bridgehead atoms. The van der Waals surface area contributed by atoms with Gasteiger partial charge in [0.25, 0.3) is 0 Å². The van der Waals surface area contributed by atoms with E-state index in [1.54, 1.807) is 0 Å². The molecule has 0 heterocycles. The van der Waals surface area contributed by atoms with Crippen LogP contribution in [0, 0.1) is 12.3 Å². The van der Waals surface area contributed by atoms with Gasteiger partial charge in [-0.2, -0.15) is 0 Å². The standard InChI is InChI=1S/C5H9NO/c1-3-5(7)6-4-2/h1,5-7H,4H2,2H3. The fourth-order valence-corrected chi connectivity index (χ4v) is 0.252. The number of terminal acetylenes is 1. The zero-order valence-electron chi connectivity index (χ0n) is 4.31. The van der Waals surface area contributed by atoms with Gasteiger partial charge in [-0.25, -0.2) is 0 Å². The van der Waals surface area contributed by atoms with Crippen molar-refractivity contribution in [3.63, 3.8) is 0 Å². The lowest BCUT2D eigenvalue weighted by Gasteiger charge is -1.99. The lowest BCUT2D eigenvalue weighted by Crippen LogP contribution is -2.26. The molecule has 2 nitrogen and oxygen atoms in total. The van der Waals surface area contributed by atoms with Crippen LogP contribution in [-0.4, -0.2) is 17.9 Å². The van der Waals surface area contributed by atoms with Crippen LogP contribution < -0.4 is 5.32 Å². The normalized spacial score (nSPS) is 12.7. The van der Waals surface area contributed by atoms with E-state index in [9.17, 15) is 0 Å². The summed E-state index contributed by atoms with van der Waals surface area (Å²) in [5.41, 5.74) is 0. The van der Waals surface area contributed by atoms with E-state index in [-0.39, 0.29) is 0 Å². The Balaban J connectivity index is 3.04. The van der Waals surface area contributed by atoms with E-state index in [4.69, 9.17) is 11.5 Å². The van der Waals surface area contributed by atoms with Crippen molar-refractivity contribution < 1.29 is 5.11 Å². The van der Waals surface area contributed by atoms with Gasteiger partial charge in [-0.05, 0) is 6.54 Å². The predicted molar refractivity (Wildman–Crippen MR) is 28.5 cm³/mol. The van der Waals surface area contributed by atoms with Gasteiger partial charge < -0.3 is 5.11 Å². The second-order valence-electron chi connectivity index (χ2n) is 1.13. The van der Waals surface area contributed by atoms with Gasteiger partial charge in [0, 0.05) is 0 Å². The van der Waals surface area contributed by atoms with Crippen molar-refractivity contribution in [1.29, 1.82) is 0 Å². The van der Waals surface area contributed by atoms with Gasteiger partial charge in [0.2, 0.25) is 0 Å². The number of hydrogen-bond donors (Lipinski definition) is 2. The lowest BCUT2D eigenvalue weighted by molar-refractivity contribution is 0.197. The second-order valence-corrected chi connectivity index (χ2v) is 1.13. The van der Waals surface area contributed by atoms with E-state index in [1.165, 1.54) is 0 Å². The first-order chi connectivity index (χ1) is 3.31. The summed E-state index contributed by atoms with van der Waals surface area (Å²) >= 11 is 0. The number of nitrogens with one attached hydrogen (secondary N) is 1. The first-order valence-corrected chi connectivity index (χ1v) is 2.18. The molecule has 0 amide bonds. The molecule has 1 unspecified atom stereocenters. The van der Waals surface area contributed by atoms with E-state index < -0.39 is 6.23 Å². The Hall–Kier alpha value is -0.520. The maximum Gasteiger partial charge on any atom is 0.168 e. The highest BCUT2D eigenvalue weighted by molar-refractivity contribution is 4.90. The molecular weight excluding hydrogens is 90.1 g/mol. The molecule has 0 saturated heterocycles. The quantitative estimate of drug-likeness (QED) is 0.363. The van der Waals surface area contributed by atoms with Crippen molar-refractivity contribution in [2.45, 2.75) is 13.2 Å². The van der Waals surface area contributed by atoms with E-state index >= 15 is 0 Å². The molecule has 7 heavy (non-hydrogen) atoms. The molecule has 0 aromatic rings. The smallest absolute Gasteiger partial charge is 0.168 e. The average molecular weight is 99.1 g/mol. The molecule has 2 heteroatoms. The predicted octanol–water partition coefficient (Wildman–Crippen LogP) is -0.453. The summed E-state index contributed by atoms with van der Waals surface area (Å²) in [7, 11) is 0. The minimum absolute atomic E-state index is 0.700. The molecule has 0 radical (unpaired) electrons. The highest BCUT2D eigenvalue weighted by atomic mass is 16.3. The summed E-state index contributed by atoms with van der Waals surface area (Å²) in [5.74, 6) is 2.11. The maximum absolute atomic E-state index is 8.51. The Bertz CT molecular complexity index is 74.6. The minimum atomic E-state index is -0.773. The van der Waals surface area contributed by atoms with Gasteiger partial charge in [0.15, 0.2) is 6.23 Å². The first kappa shape index (κ1) is 6.48. The number of aliphatic hydroxyl groups is 1. The van der Waals surface area contributed by atoms with Crippen LogP contribution in [0.3, 0.4) is 0 Å². The monoisotopic (exact) mass is 99.1 g/mol. The zero-order chi connectivity index (χ0) is 5.70. The molecule has 0 aliphatic heterocycles. The molecule has 0 aromatic carbocycles. The van der Waals surface area contributed by atoms with E-state index in [0.29, 0.717) is 6.54 Å². The van der Waals surface area contributed by atoms with Gasteiger partial charge in [0.05, 0.1) is 0 Å². The zero-order valence-corrected chi connectivity index (χ0v) is 4.31. The Kier molecular flexibility index (Phi) is 3.39. The third kappa shape index (κ3) is 3.31. The van der Waals surface area contributed by atoms with Gasteiger partial charge in [-0.1, -0.05) is 12.8 Å². The Morgan fingerprint density at radius 1 is 2.00 bits per heavy atom. The van der Waals surface area contributed by atoms with Crippen LogP contribution in [-0.2, 0) is 0 Å². The molecule has 2 N–H and O–H groups in total. The van der Waals surface area contributed by atoms with Crippen molar-refractivity contribution in [3.05, 3.63) is 0 Å². The van der Waals surface area contributed by atoms with E-state index in [1.807, 2.05) is 6.92 Å². The van der Waals surface area contributed by atoms with Crippen LogP contribution in [0.4, 0.5) is 0 Å². The summed E-state index contributed by atoms with van der Waals surface area (Å²) in [6.45, 7) is 2.58. The molecule has 0 aliphatic rings. The molecular formula is C5H9NO. The first-order valence-electron chi connectivity index (χ1n) is 2.18. The van der Waals surface area contributed by atoms with Crippen molar-refractivity contribution >= 4 is 0 Å². The summed E-state index contributed by atoms with van der Waals surface area (Å²) < 4.78 is 0. The minimum Gasteiger partial charge on any atom is -0.367 e. The fourth-order valence-electron chi connectivity index (χ4n) is 0.252. The third-order valence-corrected chi connectivity index (χ3v) is 0.555. The summed E-state index contributed by atoms with van der Waals surface area (Å²) in [4.78, 5) is 0.